The van der Waals surface area contributed by atoms with Crippen LogP contribution in [0.5, 0.6) is 0 Å². The molecule has 0 aliphatic heterocycles. The molecule has 1 aromatic carbocycles. The Labute approximate surface area is 86.4 Å². The van der Waals surface area contributed by atoms with Crippen LogP contribution in [0, 0.1) is 0 Å². The maximum absolute atomic E-state index is 9.18. The van der Waals surface area contributed by atoms with E-state index in [1.54, 1.807) is 6.20 Å². The summed E-state index contributed by atoms with van der Waals surface area (Å²) in [4.78, 5) is 7.41. The van der Waals surface area contributed by atoms with E-state index in [2.05, 4.69) is 16.0 Å². The molecular formula is C12H10N2O. The van der Waals surface area contributed by atoms with Crippen molar-refractivity contribution in [2.45, 2.75) is 6.61 Å². The number of fused-ring (bicyclic) bond motifs is 3. The molecule has 0 saturated heterocycles. The minimum absolute atomic E-state index is 0.0375. The number of aliphatic hydroxyl groups excluding tert-OH is 1. The number of benzene rings is 1. The number of para-hydroxylation sites is 1. The number of H-pyrrole nitrogens is 1. The number of aliphatic hydroxyl groups is 1. The van der Waals surface area contributed by atoms with E-state index in [0.717, 1.165) is 16.4 Å². The zero-order chi connectivity index (χ0) is 10.3. The smallest absolute Gasteiger partial charge is 0.0898 e. The first kappa shape index (κ1) is 8.44. The molecule has 0 aliphatic carbocycles. The second kappa shape index (κ2) is 3.07. The van der Waals surface area contributed by atoms with Crippen molar-refractivity contribution in [1.82, 2.24) is 9.97 Å². The summed E-state index contributed by atoms with van der Waals surface area (Å²) in [6.45, 7) is -0.0375. The van der Waals surface area contributed by atoms with E-state index in [0.29, 0.717) is 5.69 Å². The fourth-order valence-electron chi connectivity index (χ4n) is 1.95. The minimum atomic E-state index is -0.0375. The molecule has 3 heteroatoms. The van der Waals surface area contributed by atoms with Crippen LogP contribution in [-0.4, -0.2) is 15.1 Å². The minimum Gasteiger partial charge on any atom is -0.390 e. The van der Waals surface area contributed by atoms with Crippen LogP contribution in [0.25, 0.3) is 21.8 Å². The predicted molar refractivity (Wildman–Crippen MR) is 59.5 cm³/mol. The van der Waals surface area contributed by atoms with Crippen LogP contribution in [-0.2, 0) is 6.61 Å². The Morgan fingerprint density at radius 2 is 2.00 bits per heavy atom. The first-order valence-electron chi connectivity index (χ1n) is 4.85. The zero-order valence-corrected chi connectivity index (χ0v) is 8.07. The monoisotopic (exact) mass is 198 g/mol. The third kappa shape index (κ3) is 1.13. The highest BCUT2D eigenvalue weighted by Gasteiger charge is 2.06. The van der Waals surface area contributed by atoms with Gasteiger partial charge in [-0.2, -0.15) is 0 Å². The molecule has 0 spiro atoms. The Morgan fingerprint density at radius 1 is 1.13 bits per heavy atom. The van der Waals surface area contributed by atoms with Crippen molar-refractivity contribution < 1.29 is 5.11 Å². The van der Waals surface area contributed by atoms with E-state index in [1.807, 2.05) is 24.3 Å². The number of aromatic nitrogens is 2. The van der Waals surface area contributed by atoms with Gasteiger partial charge in [-0.3, -0.25) is 4.98 Å². The SMILES string of the molecule is OCc1nccc2c1[nH]c1ccccc12. The quantitative estimate of drug-likeness (QED) is 0.629. The Hall–Kier alpha value is -1.87. The summed E-state index contributed by atoms with van der Waals surface area (Å²) in [5.41, 5.74) is 2.71. The summed E-state index contributed by atoms with van der Waals surface area (Å²) in [5.74, 6) is 0. The molecule has 0 atom stereocenters. The lowest BCUT2D eigenvalue weighted by molar-refractivity contribution is 0.278. The second-order valence-electron chi connectivity index (χ2n) is 3.51. The average Bonchev–Trinajstić information content (AvgIpc) is 2.67. The molecule has 0 unspecified atom stereocenters. The molecule has 3 nitrogen and oxygen atoms in total. The van der Waals surface area contributed by atoms with Crippen LogP contribution >= 0.6 is 0 Å². The highest BCUT2D eigenvalue weighted by molar-refractivity contribution is 6.07. The van der Waals surface area contributed by atoms with Gasteiger partial charge >= 0.3 is 0 Å². The van der Waals surface area contributed by atoms with Gasteiger partial charge in [0.25, 0.3) is 0 Å². The number of pyridine rings is 1. The third-order valence-corrected chi connectivity index (χ3v) is 2.66. The van der Waals surface area contributed by atoms with Crippen LogP contribution in [0.2, 0.25) is 0 Å². The van der Waals surface area contributed by atoms with E-state index in [4.69, 9.17) is 0 Å². The summed E-state index contributed by atoms with van der Waals surface area (Å²) in [6, 6.07) is 10.1. The molecule has 0 amide bonds. The maximum atomic E-state index is 9.18. The molecule has 2 heterocycles. The Bertz CT molecular complexity index is 628. The van der Waals surface area contributed by atoms with Gasteiger partial charge in [-0.1, -0.05) is 18.2 Å². The topological polar surface area (TPSA) is 48.9 Å². The van der Waals surface area contributed by atoms with E-state index in [9.17, 15) is 5.11 Å². The molecule has 0 bridgehead atoms. The van der Waals surface area contributed by atoms with E-state index in [-0.39, 0.29) is 6.61 Å². The van der Waals surface area contributed by atoms with Gasteiger partial charge in [-0.15, -0.1) is 0 Å². The molecule has 3 rings (SSSR count). The van der Waals surface area contributed by atoms with Gasteiger partial charge in [-0.25, -0.2) is 0 Å². The van der Waals surface area contributed by atoms with E-state index in [1.165, 1.54) is 5.39 Å². The van der Waals surface area contributed by atoms with Crippen LogP contribution in [0.4, 0.5) is 0 Å². The first-order chi connectivity index (χ1) is 7.40. The summed E-state index contributed by atoms with van der Waals surface area (Å²) in [5, 5.41) is 11.5. The van der Waals surface area contributed by atoms with Gasteiger partial charge in [0, 0.05) is 22.5 Å². The Balaban J connectivity index is 2.53. The van der Waals surface area contributed by atoms with Crippen molar-refractivity contribution in [3.05, 3.63) is 42.2 Å². The predicted octanol–water partition coefficient (Wildman–Crippen LogP) is 2.21. The van der Waals surface area contributed by atoms with Crippen molar-refractivity contribution in [1.29, 1.82) is 0 Å². The van der Waals surface area contributed by atoms with E-state index >= 15 is 0 Å². The molecule has 74 valence electrons. The van der Waals surface area contributed by atoms with E-state index < -0.39 is 0 Å². The number of nitrogens with one attached hydrogen (secondary N) is 1. The molecular weight excluding hydrogens is 188 g/mol. The Kier molecular flexibility index (Phi) is 1.73. The summed E-state index contributed by atoms with van der Waals surface area (Å²) in [6.07, 6.45) is 1.73. The third-order valence-electron chi connectivity index (χ3n) is 2.66. The Morgan fingerprint density at radius 3 is 2.87 bits per heavy atom. The van der Waals surface area contributed by atoms with Crippen molar-refractivity contribution in [3.63, 3.8) is 0 Å². The van der Waals surface area contributed by atoms with Crippen LogP contribution in [0.15, 0.2) is 36.5 Å². The van der Waals surface area contributed by atoms with Crippen molar-refractivity contribution in [2.75, 3.05) is 0 Å². The van der Waals surface area contributed by atoms with Crippen molar-refractivity contribution >= 4 is 21.8 Å². The molecule has 0 fully saturated rings. The molecule has 15 heavy (non-hydrogen) atoms. The van der Waals surface area contributed by atoms with Crippen LogP contribution in [0.1, 0.15) is 5.69 Å². The highest BCUT2D eigenvalue weighted by atomic mass is 16.3. The molecule has 3 aromatic rings. The molecule has 0 saturated carbocycles. The van der Waals surface area contributed by atoms with Gasteiger partial charge in [0.2, 0.25) is 0 Å². The molecule has 2 N–H and O–H groups in total. The zero-order valence-electron chi connectivity index (χ0n) is 8.07. The number of aromatic amines is 1. The lowest BCUT2D eigenvalue weighted by Crippen LogP contribution is -1.89. The van der Waals surface area contributed by atoms with Gasteiger partial charge in [0.15, 0.2) is 0 Å². The number of nitrogens with zero attached hydrogens (tertiary/aromatic N) is 1. The second-order valence-corrected chi connectivity index (χ2v) is 3.51. The molecule has 0 aliphatic rings. The average molecular weight is 198 g/mol. The van der Waals surface area contributed by atoms with Gasteiger partial charge < -0.3 is 10.1 Å². The fraction of sp³-hybridized carbons (Fsp3) is 0.0833. The normalized spacial score (nSPS) is 11.3. The largest absolute Gasteiger partial charge is 0.390 e. The first-order valence-corrected chi connectivity index (χ1v) is 4.85. The highest BCUT2D eigenvalue weighted by Crippen LogP contribution is 2.26. The summed E-state index contributed by atoms with van der Waals surface area (Å²) in [7, 11) is 0. The fourth-order valence-corrected chi connectivity index (χ4v) is 1.95. The number of hydrogen-bond donors (Lipinski definition) is 2. The molecule has 2 aromatic heterocycles. The molecule has 0 radical (unpaired) electrons. The summed E-state index contributed by atoms with van der Waals surface area (Å²) >= 11 is 0. The van der Waals surface area contributed by atoms with Crippen LogP contribution < -0.4 is 0 Å². The number of rotatable bonds is 1. The van der Waals surface area contributed by atoms with Crippen LogP contribution in [0.3, 0.4) is 0 Å². The summed E-state index contributed by atoms with van der Waals surface area (Å²) < 4.78 is 0. The van der Waals surface area contributed by atoms with Crippen molar-refractivity contribution in [3.8, 4) is 0 Å². The standard InChI is InChI=1S/C12H10N2O/c15-7-11-12-9(5-6-13-11)8-3-1-2-4-10(8)14-12/h1-6,14-15H,7H2. The lowest BCUT2D eigenvalue weighted by Gasteiger charge is -1.96. The van der Waals surface area contributed by atoms with Gasteiger partial charge in [-0.05, 0) is 12.1 Å². The van der Waals surface area contributed by atoms with Gasteiger partial charge in [0.1, 0.15) is 0 Å². The van der Waals surface area contributed by atoms with Crippen molar-refractivity contribution in [2.24, 2.45) is 0 Å². The maximum Gasteiger partial charge on any atom is 0.0898 e. The van der Waals surface area contributed by atoms with Gasteiger partial charge in [0.05, 0.1) is 17.8 Å². The number of hydrogen-bond acceptors (Lipinski definition) is 2. The lowest BCUT2D eigenvalue weighted by atomic mass is 10.2.